The average molecular weight is 397 g/mol. The Bertz CT molecular complexity index is 784. The van der Waals surface area contributed by atoms with Gasteiger partial charge in [-0.2, -0.15) is 0 Å². The maximum atomic E-state index is 6.57. The topological polar surface area (TPSA) is 38.0 Å². The molecular formula is C25H33ClN2. The Kier molecular flexibility index (Phi) is 6.72. The van der Waals surface area contributed by atoms with E-state index in [4.69, 9.17) is 17.3 Å². The summed E-state index contributed by atoms with van der Waals surface area (Å²) in [6, 6.07) is 15.5. The zero-order valence-electron chi connectivity index (χ0n) is 16.8. The van der Waals surface area contributed by atoms with E-state index < -0.39 is 0 Å². The van der Waals surface area contributed by atoms with Gasteiger partial charge in [-0.1, -0.05) is 60.8 Å². The Labute approximate surface area is 174 Å². The Hall–Kier alpha value is -1.35. The highest BCUT2D eigenvalue weighted by atomic mass is 35.5. The van der Waals surface area contributed by atoms with Crippen molar-refractivity contribution in [1.82, 2.24) is 5.32 Å². The SMILES string of the molecule is NC1CCc2ccc(CCCNCCC3CC3)cc2C1Cc1ccccc1Cl. The van der Waals surface area contributed by atoms with Crippen molar-refractivity contribution in [3.63, 3.8) is 0 Å². The quantitative estimate of drug-likeness (QED) is 0.567. The van der Waals surface area contributed by atoms with Crippen molar-refractivity contribution in [2.24, 2.45) is 11.7 Å². The third-order valence-electron chi connectivity index (χ3n) is 6.52. The van der Waals surface area contributed by atoms with Crippen LogP contribution < -0.4 is 11.1 Å². The van der Waals surface area contributed by atoms with Gasteiger partial charge in [-0.3, -0.25) is 0 Å². The molecule has 0 radical (unpaired) electrons. The first kappa shape index (κ1) is 19.9. The summed E-state index contributed by atoms with van der Waals surface area (Å²) in [6.45, 7) is 2.30. The third kappa shape index (κ3) is 5.17. The van der Waals surface area contributed by atoms with Crippen molar-refractivity contribution in [3.8, 4) is 0 Å². The predicted molar refractivity (Wildman–Crippen MR) is 119 cm³/mol. The van der Waals surface area contributed by atoms with Gasteiger partial charge in [0.15, 0.2) is 0 Å². The van der Waals surface area contributed by atoms with E-state index >= 15 is 0 Å². The van der Waals surface area contributed by atoms with Crippen LogP contribution in [0.4, 0.5) is 0 Å². The van der Waals surface area contributed by atoms with Crippen LogP contribution >= 0.6 is 11.6 Å². The van der Waals surface area contributed by atoms with Gasteiger partial charge >= 0.3 is 0 Å². The highest BCUT2D eigenvalue weighted by Crippen LogP contribution is 2.36. The maximum absolute atomic E-state index is 6.57. The minimum atomic E-state index is 0.211. The Balaban J connectivity index is 1.38. The Morgan fingerprint density at radius 2 is 1.89 bits per heavy atom. The van der Waals surface area contributed by atoms with Gasteiger partial charge in [0.1, 0.15) is 0 Å². The smallest absolute Gasteiger partial charge is 0.0438 e. The van der Waals surface area contributed by atoms with Gasteiger partial charge in [0.2, 0.25) is 0 Å². The van der Waals surface area contributed by atoms with Crippen LogP contribution in [0.3, 0.4) is 0 Å². The fourth-order valence-corrected chi connectivity index (χ4v) is 4.76. The van der Waals surface area contributed by atoms with Gasteiger partial charge in [-0.15, -0.1) is 0 Å². The molecule has 28 heavy (non-hydrogen) atoms. The first-order valence-electron chi connectivity index (χ1n) is 11.0. The molecule has 4 rings (SSSR count). The lowest BCUT2D eigenvalue weighted by Gasteiger charge is -2.32. The van der Waals surface area contributed by atoms with Crippen molar-refractivity contribution in [3.05, 3.63) is 69.7 Å². The molecule has 2 atom stereocenters. The molecule has 2 aromatic rings. The van der Waals surface area contributed by atoms with Gasteiger partial charge in [0.05, 0.1) is 0 Å². The van der Waals surface area contributed by atoms with Crippen molar-refractivity contribution in [2.75, 3.05) is 13.1 Å². The summed E-state index contributed by atoms with van der Waals surface area (Å²) < 4.78 is 0. The molecule has 1 saturated carbocycles. The number of aryl methyl sites for hydroxylation is 2. The van der Waals surface area contributed by atoms with Crippen LogP contribution in [0.2, 0.25) is 5.02 Å². The lowest BCUT2D eigenvalue weighted by Crippen LogP contribution is -2.34. The molecule has 2 aliphatic carbocycles. The number of benzene rings is 2. The van der Waals surface area contributed by atoms with Crippen LogP contribution in [0.25, 0.3) is 0 Å². The number of hydrogen-bond donors (Lipinski definition) is 2. The molecule has 1 fully saturated rings. The van der Waals surface area contributed by atoms with E-state index in [1.165, 1.54) is 54.5 Å². The molecule has 0 saturated heterocycles. The molecule has 2 aromatic carbocycles. The summed E-state index contributed by atoms with van der Waals surface area (Å²) in [5.41, 5.74) is 12.2. The van der Waals surface area contributed by atoms with E-state index in [0.29, 0.717) is 5.92 Å². The number of nitrogens with one attached hydrogen (secondary N) is 1. The zero-order chi connectivity index (χ0) is 19.3. The van der Waals surface area contributed by atoms with Crippen molar-refractivity contribution in [1.29, 1.82) is 0 Å². The zero-order valence-corrected chi connectivity index (χ0v) is 17.6. The maximum Gasteiger partial charge on any atom is 0.0438 e. The highest BCUT2D eigenvalue weighted by Gasteiger charge is 2.28. The predicted octanol–water partition coefficient (Wildman–Crippen LogP) is 5.26. The second-order valence-electron chi connectivity index (χ2n) is 8.72. The number of nitrogens with two attached hydrogens (primary N) is 1. The van der Waals surface area contributed by atoms with Gasteiger partial charge in [-0.05, 0) is 85.9 Å². The number of halogens is 1. The van der Waals surface area contributed by atoms with Crippen LogP contribution in [0.1, 0.15) is 60.3 Å². The molecule has 0 aliphatic heterocycles. The van der Waals surface area contributed by atoms with Crippen LogP contribution in [-0.2, 0) is 19.3 Å². The van der Waals surface area contributed by atoms with E-state index in [9.17, 15) is 0 Å². The van der Waals surface area contributed by atoms with E-state index in [-0.39, 0.29) is 6.04 Å². The van der Waals surface area contributed by atoms with Gasteiger partial charge < -0.3 is 11.1 Å². The molecule has 2 unspecified atom stereocenters. The standard InChI is InChI=1S/C25H33ClN2/c26-24-6-2-1-5-21(24)17-23-22-16-19(9-10-20(22)11-12-25(23)27)4-3-14-28-15-13-18-7-8-18/h1-2,5-6,9-10,16,18,23,25,28H,3-4,7-8,11-15,17,27H2. The van der Waals surface area contributed by atoms with Crippen LogP contribution in [0, 0.1) is 5.92 Å². The van der Waals surface area contributed by atoms with Crippen LogP contribution in [0.15, 0.2) is 42.5 Å². The van der Waals surface area contributed by atoms with Crippen molar-refractivity contribution in [2.45, 2.75) is 63.3 Å². The Morgan fingerprint density at radius 3 is 2.71 bits per heavy atom. The number of rotatable bonds is 9. The van der Waals surface area contributed by atoms with Crippen LogP contribution in [-0.4, -0.2) is 19.1 Å². The minimum Gasteiger partial charge on any atom is -0.327 e. The average Bonchev–Trinajstić information content (AvgIpc) is 3.53. The number of fused-ring (bicyclic) bond motifs is 1. The van der Waals surface area contributed by atoms with E-state index in [2.05, 4.69) is 35.6 Å². The fraction of sp³-hybridized carbons (Fsp3) is 0.520. The molecule has 2 nitrogen and oxygen atoms in total. The molecule has 0 amide bonds. The minimum absolute atomic E-state index is 0.211. The largest absolute Gasteiger partial charge is 0.327 e. The monoisotopic (exact) mass is 396 g/mol. The summed E-state index contributed by atoms with van der Waals surface area (Å²) in [5.74, 6) is 1.38. The molecular weight excluding hydrogens is 364 g/mol. The van der Waals surface area contributed by atoms with Gasteiger partial charge in [0, 0.05) is 17.0 Å². The fourth-order valence-electron chi connectivity index (χ4n) is 4.54. The summed E-state index contributed by atoms with van der Waals surface area (Å²) in [4.78, 5) is 0. The van der Waals surface area contributed by atoms with Gasteiger partial charge in [0.25, 0.3) is 0 Å². The molecule has 3 N–H and O–H groups in total. The van der Waals surface area contributed by atoms with Crippen molar-refractivity contribution < 1.29 is 0 Å². The molecule has 0 spiro atoms. The van der Waals surface area contributed by atoms with E-state index in [0.717, 1.165) is 43.2 Å². The second-order valence-corrected chi connectivity index (χ2v) is 9.13. The lowest BCUT2D eigenvalue weighted by molar-refractivity contribution is 0.467. The first-order chi connectivity index (χ1) is 13.7. The highest BCUT2D eigenvalue weighted by molar-refractivity contribution is 6.31. The first-order valence-corrected chi connectivity index (χ1v) is 11.4. The normalized spacial score (nSPS) is 21.5. The third-order valence-corrected chi connectivity index (χ3v) is 6.89. The van der Waals surface area contributed by atoms with E-state index in [1.807, 2.05) is 12.1 Å². The van der Waals surface area contributed by atoms with Gasteiger partial charge in [-0.25, -0.2) is 0 Å². The molecule has 150 valence electrons. The Morgan fingerprint density at radius 1 is 1.04 bits per heavy atom. The molecule has 3 heteroatoms. The lowest BCUT2D eigenvalue weighted by atomic mass is 9.76. The summed E-state index contributed by atoms with van der Waals surface area (Å²) in [6.07, 6.45) is 9.69. The summed E-state index contributed by atoms with van der Waals surface area (Å²) >= 11 is 6.44. The molecule has 0 aromatic heterocycles. The molecule has 0 bridgehead atoms. The molecule has 2 aliphatic rings. The molecule has 0 heterocycles. The van der Waals surface area contributed by atoms with Crippen LogP contribution in [0.5, 0.6) is 0 Å². The number of hydrogen-bond acceptors (Lipinski definition) is 2. The van der Waals surface area contributed by atoms with E-state index in [1.54, 1.807) is 0 Å². The second kappa shape index (κ2) is 9.43. The summed E-state index contributed by atoms with van der Waals surface area (Å²) in [5, 5.41) is 4.47. The summed E-state index contributed by atoms with van der Waals surface area (Å²) in [7, 11) is 0. The van der Waals surface area contributed by atoms with Crippen molar-refractivity contribution >= 4 is 11.6 Å².